The molecule has 1 aromatic heterocycles. The van der Waals surface area contributed by atoms with Crippen molar-refractivity contribution in [3.63, 3.8) is 0 Å². The molecule has 0 saturated heterocycles. The van der Waals surface area contributed by atoms with Gasteiger partial charge in [-0.25, -0.2) is 5.84 Å². The van der Waals surface area contributed by atoms with Crippen LogP contribution in [0, 0.1) is 0 Å². The number of rotatable bonds is 6. The van der Waals surface area contributed by atoms with Crippen molar-refractivity contribution < 1.29 is 9.47 Å². The van der Waals surface area contributed by atoms with Crippen LogP contribution in [-0.2, 0) is 4.74 Å². The second-order valence-corrected chi connectivity index (χ2v) is 2.53. The Morgan fingerprint density at radius 2 is 1.93 bits per heavy atom. The number of ether oxygens (including phenoxy) is 2. The number of nitrogen functional groups attached to an aromatic ring is 1. The molecule has 0 spiro atoms. The normalized spacial score (nSPS) is 9.80. The van der Waals surface area contributed by atoms with E-state index in [2.05, 4.69) is 25.7 Å². The van der Waals surface area contributed by atoms with Crippen LogP contribution in [0.1, 0.15) is 0 Å². The van der Waals surface area contributed by atoms with Crippen molar-refractivity contribution in [1.29, 1.82) is 0 Å². The minimum Gasteiger partial charge on any atom is -0.467 e. The topological polar surface area (TPSA) is 107 Å². The molecule has 8 heteroatoms. The Hall–Kier alpha value is -1.67. The molecule has 0 amide bonds. The van der Waals surface area contributed by atoms with E-state index in [-0.39, 0.29) is 12.0 Å². The maximum Gasteiger partial charge on any atom is 0.322 e. The summed E-state index contributed by atoms with van der Waals surface area (Å²) in [6, 6.07) is 0.192. The molecule has 15 heavy (non-hydrogen) atoms. The lowest BCUT2D eigenvalue weighted by Crippen LogP contribution is -2.15. The van der Waals surface area contributed by atoms with E-state index in [1.807, 2.05) is 0 Å². The Balaban J connectivity index is 2.68. The summed E-state index contributed by atoms with van der Waals surface area (Å²) in [6.45, 7) is 1.15. The zero-order chi connectivity index (χ0) is 11.1. The predicted octanol–water partition coefficient (Wildman–Crippen LogP) is -0.776. The van der Waals surface area contributed by atoms with Crippen molar-refractivity contribution >= 4 is 11.9 Å². The summed E-state index contributed by atoms with van der Waals surface area (Å²) in [5, 5.41) is 2.93. The highest BCUT2D eigenvalue weighted by Crippen LogP contribution is 2.08. The van der Waals surface area contributed by atoms with E-state index in [1.165, 1.54) is 7.11 Å². The summed E-state index contributed by atoms with van der Waals surface area (Å²) < 4.78 is 9.75. The average molecular weight is 214 g/mol. The standard InChI is InChI=1S/C7H14N6O2/c1-14-4-3-9-5-10-6(13-8)12-7(11-5)15-2/h3-4,8H2,1-2H3,(H2,9,10,11,12,13). The Morgan fingerprint density at radius 1 is 1.20 bits per heavy atom. The predicted molar refractivity (Wildman–Crippen MR) is 54.6 cm³/mol. The Bertz CT molecular complexity index is 285. The van der Waals surface area contributed by atoms with Gasteiger partial charge in [0.15, 0.2) is 0 Å². The van der Waals surface area contributed by atoms with E-state index in [1.54, 1.807) is 7.11 Å². The van der Waals surface area contributed by atoms with Gasteiger partial charge in [0.05, 0.1) is 13.7 Å². The molecule has 0 bridgehead atoms. The number of hydrazine groups is 1. The highest BCUT2D eigenvalue weighted by atomic mass is 16.5. The summed E-state index contributed by atoms with van der Waals surface area (Å²) >= 11 is 0. The summed E-state index contributed by atoms with van der Waals surface area (Å²) in [5.74, 6) is 5.81. The van der Waals surface area contributed by atoms with Crippen molar-refractivity contribution in [3.8, 4) is 6.01 Å². The number of hydrogen-bond acceptors (Lipinski definition) is 8. The second-order valence-electron chi connectivity index (χ2n) is 2.53. The van der Waals surface area contributed by atoms with Gasteiger partial charge in [0.2, 0.25) is 11.9 Å². The first-order valence-electron chi connectivity index (χ1n) is 4.29. The van der Waals surface area contributed by atoms with Gasteiger partial charge in [0.25, 0.3) is 0 Å². The van der Waals surface area contributed by atoms with Gasteiger partial charge in [-0.2, -0.15) is 15.0 Å². The van der Waals surface area contributed by atoms with Crippen LogP contribution in [0.25, 0.3) is 0 Å². The fraction of sp³-hybridized carbons (Fsp3) is 0.571. The molecule has 0 aliphatic rings. The third-order valence-corrected chi connectivity index (χ3v) is 1.52. The van der Waals surface area contributed by atoms with Gasteiger partial charge in [0.1, 0.15) is 0 Å². The lowest BCUT2D eigenvalue weighted by Gasteiger charge is -2.06. The third kappa shape index (κ3) is 3.52. The number of hydrogen-bond donors (Lipinski definition) is 3. The largest absolute Gasteiger partial charge is 0.467 e. The van der Waals surface area contributed by atoms with Gasteiger partial charge in [-0.15, -0.1) is 0 Å². The first-order chi connectivity index (χ1) is 7.30. The monoisotopic (exact) mass is 214 g/mol. The highest BCUT2D eigenvalue weighted by molar-refractivity contribution is 5.34. The summed E-state index contributed by atoms with van der Waals surface area (Å²) in [7, 11) is 3.08. The van der Waals surface area contributed by atoms with Crippen LogP contribution in [-0.4, -0.2) is 42.3 Å². The smallest absolute Gasteiger partial charge is 0.322 e. The van der Waals surface area contributed by atoms with Crippen molar-refractivity contribution in [2.75, 3.05) is 38.1 Å². The van der Waals surface area contributed by atoms with Crippen molar-refractivity contribution in [1.82, 2.24) is 15.0 Å². The van der Waals surface area contributed by atoms with Gasteiger partial charge in [-0.3, -0.25) is 5.43 Å². The molecule has 0 unspecified atom stereocenters. The van der Waals surface area contributed by atoms with E-state index < -0.39 is 0 Å². The van der Waals surface area contributed by atoms with Crippen LogP contribution in [0.4, 0.5) is 11.9 Å². The molecule has 0 aliphatic carbocycles. The summed E-state index contributed by atoms with van der Waals surface area (Å²) in [4.78, 5) is 11.8. The van der Waals surface area contributed by atoms with Crippen LogP contribution in [0.15, 0.2) is 0 Å². The molecule has 8 nitrogen and oxygen atoms in total. The van der Waals surface area contributed by atoms with Crippen LogP contribution < -0.4 is 21.3 Å². The average Bonchev–Trinajstić information content (AvgIpc) is 2.29. The SMILES string of the molecule is COCCNc1nc(NN)nc(OC)n1. The fourth-order valence-electron chi connectivity index (χ4n) is 0.856. The molecule has 0 atom stereocenters. The van der Waals surface area contributed by atoms with Gasteiger partial charge >= 0.3 is 6.01 Å². The van der Waals surface area contributed by atoms with E-state index in [9.17, 15) is 0 Å². The number of anilines is 2. The molecule has 1 rings (SSSR count). The maximum absolute atomic E-state index is 5.19. The van der Waals surface area contributed by atoms with Gasteiger partial charge < -0.3 is 14.8 Å². The van der Waals surface area contributed by atoms with Gasteiger partial charge in [-0.05, 0) is 0 Å². The minimum absolute atomic E-state index is 0.192. The quantitative estimate of drug-likeness (QED) is 0.322. The Morgan fingerprint density at radius 3 is 2.53 bits per heavy atom. The molecule has 0 radical (unpaired) electrons. The van der Waals surface area contributed by atoms with Crippen LogP contribution in [0.2, 0.25) is 0 Å². The Labute approximate surface area is 87.2 Å². The molecule has 0 fully saturated rings. The number of methoxy groups -OCH3 is 2. The van der Waals surface area contributed by atoms with Crippen LogP contribution in [0.3, 0.4) is 0 Å². The number of nitrogens with two attached hydrogens (primary N) is 1. The molecular weight excluding hydrogens is 200 g/mol. The number of aromatic nitrogens is 3. The molecular formula is C7H14N6O2. The van der Waals surface area contributed by atoms with E-state index in [4.69, 9.17) is 15.3 Å². The number of nitrogens with one attached hydrogen (secondary N) is 2. The minimum atomic E-state index is 0.192. The van der Waals surface area contributed by atoms with Crippen LogP contribution >= 0.6 is 0 Å². The summed E-state index contributed by atoms with van der Waals surface area (Å²) in [6.07, 6.45) is 0. The molecule has 84 valence electrons. The maximum atomic E-state index is 5.19. The molecule has 0 saturated carbocycles. The van der Waals surface area contributed by atoms with E-state index >= 15 is 0 Å². The van der Waals surface area contributed by atoms with Crippen LogP contribution in [0.5, 0.6) is 6.01 Å². The lowest BCUT2D eigenvalue weighted by molar-refractivity contribution is 0.210. The lowest BCUT2D eigenvalue weighted by atomic mass is 10.7. The van der Waals surface area contributed by atoms with Gasteiger partial charge in [0, 0.05) is 13.7 Å². The van der Waals surface area contributed by atoms with E-state index in [0.717, 1.165) is 0 Å². The first-order valence-corrected chi connectivity index (χ1v) is 4.29. The van der Waals surface area contributed by atoms with Crippen molar-refractivity contribution in [3.05, 3.63) is 0 Å². The molecule has 0 aliphatic heterocycles. The molecule has 4 N–H and O–H groups in total. The zero-order valence-corrected chi connectivity index (χ0v) is 8.65. The molecule has 1 aromatic rings. The third-order valence-electron chi connectivity index (χ3n) is 1.52. The van der Waals surface area contributed by atoms with Gasteiger partial charge in [-0.1, -0.05) is 0 Å². The van der Waals surface area contributed by atoms with E-state index in [0.29, 0.717) is 19.1 Å². The van der Waals surface area contributed by atoms with Crippen molar-refractivity contribution in [2.45, 2.75) is 0 Å². The fourth-order valence-corrected chi connectivity index (χ4v) is 0.856. The molecule has 0 aromatic carbocycles. The molecule has 1 heterocycles. The Kier molecular flexibility index (Phi) is 4.51. The zero-order valence-electron chi connectivity index (χ0n) is 8.65. The first kappa shape index (κ1) is 11.4. The highest BCUT2D eigenvalue weighted by Gasteiger charge is 2.04. The number of nitrogens with zero attached hydrogens (tertiary/aromatic N) is 3. The second kappa shape index (κ2) is 5.94. The van der Waals surface area contributed by atoms with Crippen molar-refractivity contribution in [2.24, 2.45) is 5.84 Å². The summed E-state index contributed by atoms with van der Waals surface area (Å²) in [5.41, 5.74) is 2.32.